The average molecular weight is 694 g/mol. The molecule has 0 spiro atoms. The summed E-state index contributed by atoms with van der Waals surface area (Å²) in [6.07, 6.45) is 0. The first-order valence-electron chi connectivity index (χ1n) is 17.9. The van der Waals surface area contributed by atoms with Gasteiger partial charge in [-0.1, -0.05) is 110 Å². The van der Waals surface area contributed by atoms with Crippen molar-refractivity contribution in [2.45, 2.75) is 0 Å². The Morgan fingerprint density at radius 2 is 0.707 bits per heavy atom. The van der Waals surface area contributed by atoms with E-state index in [2.05, 4.69) is 18.2 Å². The van der Waals surface area contributed by atoms with Gasteiger partial charge in [0.2, 0.25) is 0 Å². The molecule has 9 rings (SSSR count). The normalized spacial score (nSPS) is 11.8. The molecule has 0 unspecified atom stereocenters. The van der Waals surface area contributed by atoms with Crippen LogP contribution in [0.2, 0.25) is 0 Å². The third-order valence-electron chi connectivity index (χ3n) is 11.5. The smallest absolute Gasteiger partial charge is 0.127 e. The van der Waals surface area contributed by atoms with Crippen LogP contribution in [0.15, 0.2) is 71.1 Å². The van der Waals surface area contributed by atoms with Crippen LogP contribution >= 0.6 is 0 Å². The van der Waals surface area contributed by atoms with Gasteiger partial charge in [-0.2, -0.15) is 0 Å². The van der Waals surface area contributed by atoms with Crippen LogP contribution in [0.5, 0.6) is 0 Å². The highest BCUT2D eigenvalue weighted by Crippen LogP contribution is 2.42. The first-order valence-corrected chi connectivity index (χ1v) is 17.9. The zero-order valence-electron chi connectivity index (χ0n) is 30.9. The summed E-state index contributed by atoms with van der Waals surface area (Å²) in [5.41, 5.74) is 4.01. The van der Waals surface area contributed by atoms with Gasteiger partial charge < -0.3 is 4.42 Å². The van der Waals surface area contributed by atoms with Gasteiger partial charge in [0.25, 0.3) is 0 Å². The molecule has 0 fully saturated rings. The van der Waals surface area contributed by atoms with Crippen molar-refractivity contribution in [2.75, 3.05) is 0 Å². The lowest BCUT2D eigenvalue weighted by Gasteiger charge is -2.30. The van der Waals surface area contributed by atoms with Gasteiger partial charge in [-0.15, -0.1) is 32.8 Å². The van der Waals surface area contributed by atoms with Crippen molar-refractivity contribution in [3.63, 3.8) is 0 Å². The number of benzene rings is 8. The first kappa shape index (κ1) is 38.8. The molecule has 1 aromatic heterocycles. The maximum Gasteiger partial charge on any atom is 0.127 e. The molecule has 0 aliphatic heterocycles. The predicted molar refractivity (Wildman–Crippen MR) is 263 cm³/mol. The van der Waals surface area contributed by atoms with E-state index in [1.165, 1.54) is 0 Å². The Morgan fingerprint density at radius 1 is 0.293 bits per heavy atom. The summed E-state index contributed by atoms with van der Waals surface area (Å²) in [5.74, 6) is 0. The maximum atomic E-state index is 7.19. The molecule has 0 saturated heterocycles. The minimum atomic E-state index is -0.0304. The van der Waals surface area contributed by atoms with Crippen molar-refractivity contribution < 1.29 is 4.42 Å². The van der Waals surface area contributed by atoms with E-state index in [-0.39, 0.29) is 126 Å². The fraction of sp³-hybridized carbons (Fsp3) is 0. The van der Waals surface area contributed by atoms with Gasteiger partial charge in [0, 0.05) is 10.8 Å². The summed E-state index contributed by atoms with van der Waals surface area (Å²) < 4.78 is 6.18. The Labute approximate surface area is 356 Å². The average Bonchev–Trinajstić information content (AvgIpc) is 3.64. The van der Waals surface area contributed by atoms with E-state index in [1.54, 1.807) is 0 Å². The number of rotatable bonds is 3. The minimum Gasteiger partial charge on any atom is -0.457 e. The quantitative estimate of drug-likeness (QED) is 0.133. The molecule has 8 aromatic carbocycles. The van der Waals surface area contributed by atoms with E-state index < -0.39 is 0 Å². The zero-order chi connectivity index (χ0) is 41.4. The second-order valence-corrected chi connectivity index (χ2v) is 14.4. The van der Waals surface area contributed by atoms with Crippen molar-refractivity contribution in [2.24, 2.45) is 0 Å². The molecule has 230 valence electrons. The van der Waals surface area contributed by atoms with E-state index in [9.17, 15) is 0 Å². The van der Waals surface area contributed by atoms with Crippen LogP contribution in [0.25, 0.3) is 87.6 Å². The van der Waals surface area contributed by atoms with Crippen LogP contribution in [0.3, 0.4) is 0 Å². The molecule has 0 saturated carbocycles. The number of hydrogen-bond acceptors (Lipinski definition) is 1. The molecular formula is C42H11B15O. The standard InChI is InChI=1S/C42H11B15O/c43-26-23(31(48)39(56)41-24(26)25-32(49)37(54)38(55)40(57)42(25)58-41)18-21-19(27(44)33(50)35(52)29(21)46)17(20-22(18)30(47)36(53)34(51)28(20)45)14-8-3-7-13(11-14)16-10-4-6-12-5-1-2-9-15(12)16/h1-11H. The molecule has 1 nitrogen and oxygen atoms in total. The fourth-order valence-corrected chi connectivity index (χ4v) is 8.47. The number of fused-ring (bicyclic) bond motifs is 6. The third kappa shape index (κ3) is 5.18. The van der Waals surface area contributed by atoms with Crippen LogP contribution in [-0.4, -0.2) is 118 Å². The minimum absolute atomic E-state index is 0.00348. The Kier molecular flexibility index (Phi) is 9.16. The Morgan fingerprint density at radius 3 is 1.28 bits per heavy atom. The van der Waals surface area contributed by atoms with E-state index in [1.807, 2.05) is 48.5 Å². The molecule has 58 heavy (non-hydrogen) atoms. The zero-order valence-corrected chi connectivity index (χ0v) is 30.9. The fourth-order valence-electron chi connectivity index (χ4n) is 8.47. The Bertz CT molecular complexity index is 3270. The van der Waals surface area contributed by atoms with Gasteiger partial charge in [-0.25, -0.2) is 0 Å². The SMILES string of the molecule is [B]c1c([B])c([B])c2c(oc3c([B])c([B])c(-c4c5c([B])c([B])c([B])c([B])c5c(-c5cccc(-c6cccc7ccccc67)c5)c5c([B])c([B])c([B])c([B])c45)c([B])c32)c1[B]. The van der Waals surface area contributed by atoms with E-state index >= 15 is 0 Å². The van der Waals surface area contributed by atoms with Crippen molar-refractivity contribution in [1.82, 2.24) is 0 Å². The van der Waals surface area contributed by atoms with Gasteiger partial charge in [0.05, 0.1) is 0 Å². The second-order valence-electron chi connectivity index (χ2n) is 14.4. The predicted octanol–water partition coefficient (Wildman–Crippen LogP) is -6.05. The summed E-state index contributed by atoms with van der Waals surface area (Å²) >= 11 is 0. The molecular weight excluding hydrogens is 683 g/mol. The highest BCUT2D eigenvalue weighted by molar-refractivity contribution is 6.73. The van der Waals surface area contributed by atoms with Crippen molar-refractivity contribution in [3.8, 4) is 33.4 Å². The number of furan rings is 1. The Balaban J connectivity index is 1.54. The van der Waals surface area contributed by atoms with Crippen LogP contribution in [0, 0.1) is 0 Å². The summed E-state index contributed by atoms with van der Waals surface area (Å²) in [7, 11) is 101. The lowest BCUT2D eigenvalue weighted by Crippen LogP contribution is -2.50. The van der Waals surface area contributed by atoms with Crippen LogP contribution < -0.4 is 81.9 Å². The molecule has 0 atom stereocenters. The van der Waals surface area contributed by atoms with Crippen LogP contribution in [-0.2, 0) is 0 Å². The van der Waals surface area contributed by atoms with Crippen LogP contribution in [0.4, 0.5) is 0 Å². The molecule has 9 aromatic rings. The highest BCUT2D eigenvalue weighted by Gasteiger charge is 2.28. The third-order valence-corrected chi connectivity index (χ3v) is 11.5. The van der Waals surface area contributed by atoms with Crippen molar-refractivity contribution in [3.05, 3.63) is 66.7 Å². The molecule has 0 bridgehead atoms. The monoisotopic (exact) mass is 696 g/mol. The van der Waals surface area contributed by atoms with Crippen molar-refractivity contribution >= 4 is 254 Å². The lowest BCUT2D eigenvalue weighted by molar-refractivity contribution is 0.675. The largest absolute Gasteiger partial charge is 0.457 e. The van der Waals surface area contributed by atoms with E-state index in [4.69, 9.17) is 122 Å². The van der Waals surface area contributed by atoms with Gasteiger partial charge in [0.1, 0.15) is 129 Å². The molecule has 16 heteroatoms. The van der Waals surface area contributed by atoms with Gasteiger partial charge in [0.15, 0.2) is 0 Å². The lowest BCUT2D eigenvalue weighted by atomic mass is 9.58. The van der Waals surface area contributed by atoms with Gasteiger partial charge in [-0.3, -0.25) is 0 Å². The molecule has 0 aliphatic rings. The van der Waals surface area contributed by atoms with Gasteiger partial charge in [-0.05, 0) is 71.8 Å². The highest BCUT2D eigenvalue weighted by atomic mass is 16.3. The second kappa shape index (κ2) is 13.7. The van der Waals surface area contributed by atoms with Gasteiger partial charge >= 0.3 is 0 Å². The Hall–Kier alpha value is -4.69. The first-order chi connectivity index (χ1) is 27.6. The maximum absolute atomic E-state index is 7.19. The van der Waals surface area contributed by atoms with Crippen molar-refractivity contribution in [1.29, 1.82) is 0 Å². The molecule has 0 N–H and O–H groups in total. The summed E-state index contributed by atoms with van der Waals surface area (Å²) in [6.45, 7) is 0. The summed E-state index contributed by atoms with van der Waals surface area (Å²) in [4.78, 5) is 0. The summed E-state index contributed by atoms with van der Waals surface area (Å²) in [6, 6.07) is 22.0. The number of hydrogen-bond donors (Lipinski definition) is 0. The van der Waals surface area contributed by atoms with Crippen LogP contribution in [0.1, 0.15) is 0 Å². The molecule has 0 amide bonds. The molecule has 1 heterocycles. The summed E-state index contributed by atoms with van der Waals surface area (Å²) in [5, 5.41) is 3.88. The topological polar surface area (TPSA) is 13.1 Å². The molecule has 0 aliphatic carbocycles. The van der Waals surface area contributed by atoms with E-state index in [0.717, 1.165) is 21.9 Å². The van der Waals surface area contributed by atoms with E-state index in [0.29, 0.717) is 21.9 Å². The molecule has 30 radical (unpaired) electrons.